The third-order valence-electron chi connectivity index (χ3n) is 19.8. The Kier molecular flexibility index (Phi) is 53.3. The molecule has 3 aliphatic heterocycles. The molecular formula is C76H143NO18. The Balaban J connectivity index is 1.40. The third kappa shape index (κ3) is 38.8. The number of amides is 1. The van der Waals surface area contributed by atoms with Gasteiger partial charge in [0.2, 0.25) is 5.91 Å². The molecule has 3 heterocycles. The lowest BCUT2D eigenvalue weighted by molar-refractivity contribution is -0.379. The van der Waals surface area contributed by atoms with Crippen molar-refractivity contribution < 1.29 is 89.4 Å². The fraction of sp³-hybridized carbons (Fsp3) is 0.934. The molecule has 19 heteroatoms. The fourth-order valence-electron chi connectivity index (χ4n) is 13.4. The minimum atomic E-state index is -1.98. The molecule has 1 amide bonds. The van der Waals surface area contributed by atoms with Gasteiger partial charge >= 0.3 is 0 Å². The van der Waals surface area contributed by atoms with Crippen molar-refractivity contribution >= 4 is 5.91 Å². The number of unbranched alkanes of at least 4 members (excludes halogenated alkanes) is 44. The van der Waals surface area contributed by atoms with Crippen LogP contribution in [0.4, 0.5) is 0 Å². The van der Waals surface area contributed by atoms with Crippen molar-refractivity contribution in [3.05, 3.63) is 24.3 Å². The second-order valence-corrected chi connectivity index (χ2v) is 28.2. The molecule has 19 nitrogen and oxygen atoms in total. The van der Waals surface area contributed by atoms with Gasteiger partial charge in [0.05, 0.1) is 38.6 Å². The van der Waals surface area contributed by atoms with Crippen LogP contribution < -0.4 is 5.32 Å². The van der Waals surface area contributed by atoms with Gasteiger partial charge in [-0.05, 0) is 32.1 Å². The van der Waals surface area contributed by atoms with Gasteiger partial charge in [0.25, 0.3) is 0 Å². The predicted molar refractivity (Wildman–Crippen MR) is 374 cm³/mol. The highest BCUT2D eigenvalue weighted by atomic mass is 16.8. The molecular weight excluding hydrogens is 1210 g/mol. The Hall–Kier alpha value is -1.73. The Morgan fingerprint density at radius 2 is 0.674 bits per heavy atom. The van der Waals surface area contributed by atoms with E-state index < -0.39 is 124 Å². The molecule has 12 N–H and O–H groups in total. The average Bonchev–Trinajstić information content (AvgIpc) is 0.787. The zero-order valence-corrected chi connectivity index (χ0v) is 59.7. The average molecular weight is 1360 g/mol. The minimum absolute atomic E-state index is 0.241. The van der Waals surface area contributed by atoms with E-state index in [1.54, 1.807) is 6.08 Å². The molecule has 0 radical (unpaired) electrons. The number of aliphatic hydroxyl groups excluding tert-OH is 11. The minimum Gasteiger partial charge on any atom is -0.394 e. The van der Waals surface area contributed by atoms with Crippen LogP contribution in [0, 0.1) is 0 Å². The van der Waals surface area contributed by atoms with Crippen LogP contribution in [0.1, 0.15) is 322 Å². The maximum absolute atomic E-state index is 13.4. The highest BCUT2D eigenvalue weighted by Gasteiger charge is 2.53. The highest BCUT2D eigenvalue weighted by molar-refractivity contribution is 5.76. The Labute approximate surface area is 575 Å². The van der Waals surface area contributed by atoms with E-state index in [4.69, 9.17) is 28.4 Å². The van der Waals surface area contributed by atoms with Gasteiger partial charge in [0.1, 0.15) is 73.2 Å². The van der Waals surface area contributed by atoms with Gasteiger partial charge in [0.15, 0.2) is 18.9 Å². The maximum Gasteiger partial charge on any atom is 0.220 e. The van der Waals surface area contributed by atoms with Crippen molar-refractivity contribution in [1.82, 2.24) is 5.32 Å². The summed E-state index contributed by atoms with van der Waals surface area (Å²) in [6, 6.07) is -0.988. The molecule has 3 aliphatic rings. The van der Waals surface area contributed by atoms with Gasteiger partial charge in [-0.25, -0.2) is 0 Å². The van der Waals surface area contributed by atoms with Crippen LogP contribution >= 0.6 is 0 Å². The molecule has 0 aromatic heterocycles. The Bertz CT molecular complexity index is 1810. The third-order valence-corrected chi connectivity index (χ3v) is 19.8. The standard InChI is InChI=1S/C76H143NO18/c1-3-5-7-9-11-13-15-17-19-21-23-25-27-28-29-30-31-32-33-35-37-39-41-43-45-47-49-51-53-60(81)59(77-64(82)54-52-50-48-46-44-42-40-38-36-34-26-24-22-20-18-16-14-12-10-8-6-4-2)58-90-74-70(88)67(85)72(62(56-79)92-74)95-76-71(89)68(86)73(63(57-80)93-76)94-75-69(87)66(84)65(83)61(55-78)91-75/h43,45,51,53,59-63,65-76,78-81,83-89H,3-42,44,46-50,52,54-58H2,1-2H3,(H,77,82)/b45-43+,53-51+. The van der Waals surface area contributed by atoms with Crippen LogP contribution in [-0.2, 0) is 33.2 Å². The zero-order chi connectivity index (χ0) is 68.9. The number of rotatable bonds is 62. The molecule has 560 valence electrons. The van der Waals surface area contributed by atoms with Crippen molar-refractivity contribution in [2.75, 3.05) is 26.4 Å². The molecule has 0 aliphatic carbocycles. The van der Waals surface area contributed by atoms with Crippen LogP contribution in [0.25, 0.3) is 0 Å². The fourth-order valence-corrected chi connectivity index (χ4v) is 13.4. The number of hydrogen-bond donors (Lipinski definition) is 12. The lowest BCUT2D eigenvalue weighted by Gasteiger charge is -2.48. The summed E-state index contributed by atoms with van der Waals surface area (Å²) >= 11 is 0. The topological polar surface area (TPSA) is 307 Å². The van der Waals surface area contributed by atoms with E-state index in [9.17, 15) is 61.0 Å². The van der Waals surface area contributed by atoms with Crippen molar-refractivity contribution in [3.8, 4) is 0 Å². The first-order chi connectivity index (χ1) is 46.3. The number of nitrogens with one attached hydrogen (secondary N) is 1. The maximum atomic E-state index is 13.4. The van der Waals surface area contributed by atoms with E-state index in [-0.39, 0.29) is 18.9 Å². The molecule has 3 rings (SSSR count). The van der Waals surface area contributed by atoms with Crippen LogP contribution in [-0.4, -0.2) is 193 Å². The van der Waals surface area contributed by atoms with Gasteiger partial charge in [-0.15, -0.1) is 0 Å². The summed E-state index contributed by atoms with van der Waals surface area (Å²) in [5.74, 6) is -0.278. The van der Waals surface area contributed by atoms with E-state index in [1.165, 1.54) is 250 Å². The summed E-state index contributed by atoms with van der Waals surface area (Å²) < 4.78 is 34.4. The van der Waals surface area contributed by atoms with Gasteiger partial charge in [-0.1, -0.05) is 308 Å². The van der Waals surface area contributed by atoms with Crippen molar-refractivity contribution in [2.45, 2.75) is 426 Å². The number of allylic oxidation sites excluding steroid dienone is 3. The van der Waals surface area contributed by atoms with Crippen LogP contribution in [0.5, 0.6) is 0 Å². The lowest BCUT2D eigenvalue weighted by Crippen LogP contribution is -2.66. The van der Waals surface area contributed by atoms with Crippen LogP contribution in [0.15, 0.2) is 24.3 Å². The summed E-state index contributed by atoms with van der Waals surface area (Å²) in [4.78, 5) is 13.4. The van der Waals surface area contributed by atoms with Gasteiger partial charge in [-0.2, -0.15) is 0 Å². The SMILES string of the molecule is CCCCCCCCCCCCCCCCCCCCCCCC/C=C/CC/C=C/C(O)C(COC1OC(CO)C(OC2OC(CO)C(OC3OC(CO)C(O)C(O)C3O)C(O)C2O)C(O)C1O)NC(=O)CCCCCCCCCCCCCCCCCCCCCCCC. The monoisotopic (exact) mass is 1360 g/mol. The smallest absolute Gasteiger partial charge is 0.220 e. The molecule has 3 fully saturated rings. The zero-order valence-electron chi connectivity index (χ0n) is 59.7. The van der Waals surface area contributed by atoms with Crippen molar-refractivity contribution in [2.24, 2.45) is 0 Å². The highest BCUT2D eigenvalue weighted by Crippen LogP contribution is 2.33. The van der Waals surface area contributed by atoms with E-state index in [0.29, 0.717) is 12.8 Å². The molecule has 3 saturated heterocycles. The second-order valence-electron chi connectivity index (χ2n) is 28.2. The van der Waals surface area contributed by atoms with E-state index in [2.05, 4.69) is 31.3 Å². The van der Waals surface area contributed by atoms with Crippen molar-refractivity contribution in [3.63, 3.8) is 0 Å². The van der Waals surface area contributed by atoms with E-state index >= 15 is 0 Å². The first-order valence-electron chi connectivity index (χ1n) is 39.1. The number of hydrogen-bond acceptors (Lipinski definition) is 18. The molecule has 0 saturated carbocycles. The summed E-state index contributed by atoms with van der Waals surface area (Å²) in [5.41, 5.74) is 0. The Morgan fingerprint density at radius 1 is 0.368 bits per heavy atom. The lowest BCUT2D eigenvalue weighted by atomic mass is 9.96. The quantitative estimate of drug-likeness (QED) is 0.0199. The number of carbonyl (C=O) groups is 1. The molecule has 0 spiro atoms. The normalized spacial score (nSPS) is 27.3. The largest absolute Gasteiger partial charge is 0.394 e. The predicted octanol–water partition coefficient (Wildman–Crippen LogP) is 12.2. The number of ether oxygens (including phenoxy) is 6. The second kappa shape index (κ2) is 57.8. The summed E-state index contributed by atoms with van der Waals surface area (Å²) in [6.07, 6.45) is 41.7. The summed E-state index contributed by atoms with van der Waals surface area (Å²) in [6.45, 7) is 1.77. The van der Waals surface area contributed by atoms with Gasteiger partial charge in [0, 0.05) is 6.42 Å². The van der Waals surface area contributed by atoms with E-state index in [1.807, 2.05) is 6.08 Å². The first kappa shape index (κ1) is 87.5. The van der Waals surface area contributed by atoms with Gasteiger partial charge in [-0.3, -0.25) is 4.79 Å². The molecule has 17 atom stereocenters. The van der Waals surface area contributed by atoms with Crippen LogP contribution in [0.2, 0.25) is 0 Å². The molecule has 95 heavy (non-hydrogen) atoms. The molecule has 0 aromatic rings. The van der Waals surface area contributed by atoms with Crippen molar-refractivity contribution in [1.29, 1.82) is 0 Å². The molecule has 0 aromatic carbocycles. The molecule has 0 bridgehead atoms. The summed E-state index contributed by atoms with van der Waals surface area (Å²) in [7, 11) is 0. The summed E-state index contributed by atoms with van der Waals surface area (Å²) in [5, 5.41) is 121. The molecule has 17 unspecified atom stereocenters. The van der Waals surface area contributed by atoms with E-state index in [0.717, 1.165) is 38.5 Å². The van der Waals surface area contributed by atoms with Gasteiger partial charge < -0.3 is 89.9 Å². The van der Waals surface area contributed by atoms with Crippen LogP contribution in [0.3, 0.4) is 0 Å². The first-order valence-corrected chi connectivity index (χ1v) is 39.1. The Morgan fingerprint density at radius 3 is 1.05 bits per heavy atom. The number of carbonyl (C=O) groups excluding carboxylic acids is 1. The number of aliphatic hydroxyl groups is 11.